The van der Waals surface area contributed by atoms with Crippen LogP contribution in [0, 0.1) is 23.7 Å². The first-order chi connectivity index (χ1) is 8.32. The maximum absolute atomic E-state index is 12.0. The number of unbranched alkanes of at least 4 members (excludes halogenated alkanes) is 1. The summed E-state index contributed by atoms with van der Waals surface area (Å²) < 4.78 is 5.18. The fourth-order valence-corrected chi connectivity index (χ4v) is 2.10. The molecule has 18 heavy (non-hydrogen) atoms. The van der Waals surface area contributed by atoms with E-state index in [1.807, 2.05) is 34.6 Å². The molecule has 0 aliphatic rings. The van der Waals surface area contributed by atoms with E-state index in [2.05, 4.69) is 0 Å². The van der Waals surface area contributed by atoms with Gasteiger partial charge in [-0.2, -0.15) is 0 Å². The Kier molecular flexibility index (Phi) is 7.64. The molecule has 0 bridgehead atoms. The van der Waals surface area contributed by atoms with Gasteiger partial charge in [0, 0.05) is 0 Å². The molecule has 0 aromatic carbocycles. The monoisotopic (exact) mass is 258 g/mol. The Morgan fingerprint density at radius 1 is 1.06 bits per heavy atom. The van der Waals surface area contributed by atoms with Gasteiger partial charge in [0.2, 0.25) is 0 Å². The van der Waals surface area contributed by atoms with Gasteiger partial charge in [-0.05, 0) is 18.3 Å². The first-order valence-corrected chi connectivity index (χ1v) is 6.72. The maximum atomic E-state index is 12.0. The molecule has 0 aliphatic heterocycles. The molecule has 0 amide bonds. The van der Waals surface area contributed by atoms with E-state index in [4.69, 9.17) is 4.74 Å². The average Bonchev–Trinajstić information content (AvgIpc) is 2.24. The van der Waals surface area contributed by atoms with Crippen molar-refractivity contribution in [1.82, 2.24) is 0 Å². The lowest BCUT2D eigenvalue weighted by atomic mass is 9.77. The first kappa shape index (κ1) is 16.9. The molecule has 2 atom stereocenters. The van der Waals surface area contributed by atoms with Gasteiger partial charge in [-0.15, -0.1) is 0 Å². The second kappa shape index (κ2) is 8.11. The highest BCUT2D eigenvalue weighted by atomic mass is 16.5. The second-order valence-electron chi connectivity index (χ2n) is 5.40. The number of esters is 1. The number of ether oxygens (including phenoxy) is 1. The predicted octanol–water partition coefficient (Wildman–Crippen LogP) is 2.96. The third-order valence-electron chi connectivity index (χ3n) is 3.12. The van der Waals surface area contributed by atoms with Gasteiger partial charge in [-0.3, -0.25) is 9.59 Å². The van der Waals surface area contributed by atoms with Crippen LogP contribution in [0.25, 0.3) is 0 Å². The van der Waals surface area contributed by atoms with Crippen molar-refractivity contribution in [2.75, 3.05) is 6.61 Å². The summed E-state index contributed by atoms with van der Waals surface area (Å²) in [7, 11) is 0. The van der Waals surface area contributed by atoms with E-state index in [9.17, 15) is 14.7 Å². The number of hydrogen-bond donors (Lipinski definition) is 1. The summed E-state index contributed by atoms with van der Waals surface area (Å²) in [5, 5.41) is 9.28. The predicted molar refractivity (Wildman–Crippen MR) is 70.2 cm³/mol. The molecule has 0 aromatic heterocycles. The van der Waals surface area contributed by atoms with Crippen LogP contribution < -0.4 is 0 Å². The molecule has 0 rings (SSSR count). The molecule has 0 spiro atoms. The molecule has 0 saturated heterocycles. The van der Waals surface area contributed by atoms with Crippen LogP contribution in [0.5, 0.6) is 0 Å². The van der Waals surface area contributed by atoms with Crippen molar-refractivity contribution in [2.45, 2.75) is 47.5 Å². The summed E-state index contributed by atoms with van der Waals surface area (Å²) >= 11 is 0. The molecule has 0 fully saturated rings. The van der Waals surface area contributed by atoms with Crippen molar-refractivity contribution in [1.29, 1.82) is 0 Å². The van der Waals surface area contributed by atoms with Gasteiger partial charge in [-0.25, -0.2) is 0 Å². The highest BCUT2D eigenvalue weighted by molar-refractivity contribution is 5.81. The molecule has 0 aliphatic carbocycles. The Bertz CT molecular complexity index is 271. The molecule has 106 valence electrons. The maximum Gasteiger partial charge on any atom is 0.310 e. The number of aliphatic carboxylic acids is 1. The fourth-order valence-electron chi connectivity index (χ4n) is 2.10. The smallest absolute Gasteiger partial charge is 0.310 e. The lowest BCUT2D eigenvalue weighted by Crippen LogP contribution is -2.38. The molecule has 4 nitrogen and oxygen atoms in total. The average molecular weight is 258 g/mol. The van der Waals surface area contributed by atoms with Gasteiger partial charge in [0.15, 0.2) is 0 Å². The zero-order valence-electron chi connectivity index (χ0n) is 12.1. The van der Waals surface area contributed by atoms with E-state index in [0.717, 1.165) is 12.8 Å². The number of carboxylic acid groups (broad SMARTS) is 1. The topological polar surface area (TPSA) is 63.6 Å². The number of carbonyl (C=O) groups excluding carboxylic acids is 1. The van der Waals surface area contributed by atoms with Crippen LogP contribution in [-0.2, 0) is 14.3 Å². The molecule has 4 heteroatoms. The van der Waals surface area contributed by atoms with E-state index < -0.39 is 17.8 Å². The highest BCUT2D eigenvalue weighted by Gasteiger charge is 2.38. The summed E-state index contributed by atoms with van der Waals surface area (Å²) in [6.45, 7) is 9.78. The van der Waals surface area contributed by atoms with Crippen LogP contribution >= 0.6 is 0 Å². The Hall–Kier alpha value is -1.06. The van der Waals surface area contributed by atoms with Crippen LogP contribution in [0.3, 0.4) is 0 Å². The molecule has 0 radical (unpaired) electrons. The zero-order valence-corrected chi connectivity index (χ0v) is 12.1. The quantitative estimate of drug-likeness (QED) is 0.537. The third-order valence-corrected chi connectivity index (χ3v) is 3.12. The lowest BCUT2D eigenvalue weighted by Gasteiger charge is -2.28. The van der Waals surface area contributed by atoms with E-state index in [0.29, 0.717) is 6.61 Å². The molecule has 0 heterocycles. The number of carbonyl (C=O) groups is 2. The van der Waals surface area contributed by atoms with Gasteiger partial charge in [0.1, 0.15) is 0 Å². The Labute approximate surface area is 110 Å². The van der Waals surface area contributed by atoms with E-state index in [1.54, 1.807) is 0 Å². The minimum Gasteiger partial charge on any atom is -0.481 e. The van der Waals surface area contributed by atoms with E-state index >= 15 is 0 Å². The molecule has 0 aromatic rings. The van der Waals surface area contributed by atoms with Gasteiger partial charge in [-0.1, -0.05) is 41.0 Å². The molecule has 0 saturated carbocycles. The summed E-state index contributed by atoms with van der Waals surface area (Å²) in [6, 6.07) is 0. The standard InChI is InChI=1S/C14H26O4/c1-6-7-8-18-14(17)12(10(4)5)11(9(2)3)13(15)16/h9-12H,6-8H2,1-5H3,(H,15,16). The normalized spacial score (nSPS) is 14.6. The van der Waals surface area contributed by atoms with Crippen molar-refractivity contribution in [3.8, 4) is 0 Å². The van der Waals surface area contributed by atoms with E-state index in [-0.39, 0.29) is 17.8 Å². The number of hydrogen-bond acceptors (Lipinski definition) is 3. The SMILES string of the molecule is CCCCOC(=O)C(C(C)C)C(C(=O)O)C(C)C. The van der Waals surface area contributed by atoms with Crippen molar-refractivity contribution in [3.63, 3.8) is 0 Å². The van der Waals surface area contributed by atoms with Crippen molar-refractivity contribution in [2.24, 2.45) is 23.7 Å². The molecule has 2 unspecified atom stereocenters. The van der Waals surface area contributed by atoms with Crippen molar-refractivity contribution >= 4 is 11.9 Å². The first-order valence-electron chi connectivity index (χ1n) is 6.72. The Morgan fingerprint density at radius 3 is 1.89 bits per heavy atom. The van der Waals surface area contributed by atoms with Gasteiger partial charge >= 0.3 is 11.9 Å². The van der Waals surface area contributed by atoms with Crippen molar-refractivity contribution < 1.29 is 19.4 Å². The Morgan fingerprint density at radius 2 is 1.56 bits per heavy atom. The molecule has 1 N–H and O–H groups in total. The van der Waals surface area contributed by atoms with Crippen LogP contribution in [-0.4, -0.2) is 23.7 Å². The highest BCUT2D eigenvalue weighted by Crippen LogP contribution is 2.29. The van der Waals surface area contributed by atoms with Crippen molar-refractivity contribution in [3.05, 3.63) is 0 Å². The van der Waals surface area contributed by atoms with Crippen LogP contribution in [0.2, 0.25) is 0 Å². The zero-order chi connectivity index (χ0) is 14.3. The van der Waals surface area contributed by atoms with Gasteiger partial charge < -0.3 is 9.84 Å². The van der Waals surface area contributed by atoms with Gasteiger partial charge in [0.25, 0.3) is 0 Å². The minimum absolute atomic E-state index is 0.0392. The third kappa shape index (κ3) is 5.07. The van der Waals surface area contributed by atoms with E-state index in [1.165, 1.54) is 0 Å². The van der Waals surface area contributed by atoms with Crippen LogP contribution in [0.4, 0.5) is 0 Å². The number of rotatable bonds is 8. The lowest BCUT2D eigenvalue weighted by molar-refractivity contribution is -0.161. The molecular weight excluding hydrogens is 232 g/mol. The summed E-state index contributed by atoms with van der Waals surface area (Å²) in [5.74, 6) is -2.68. The summed E-state index contributed by atoms with van der Waals surface area (Å²) in [4.78, 5) is 23.3. The van der Waals surface area contributed by atoms with Crippen LogP contribution in [0.15, 0.2) is 0 Å². The van der Waals surface area contributed by atoms with Crippen LogP contribution in [0.1, 0.15) is 47.5 Å². The minimum atomic E-state index is -0.920. The Balaban J connectivity index is 4.82. The van der Waals surface area contributed by atoms with Gasteiger partial charge in [0.05, 0.1) is 18.4 Å². The summed E-state index contributed by atoms with van der Waals surface area (Å²) in [6.07, 6.45) is 1.77. The molecular formula is C14H26O4. The second-order valence-corrected chi connectivity index (χ2v) is 5.40. The summed E-state index contributed by atoms with van der Waals surface area (Å²) in [5.41, 5.74) is 0. The number of carboxylic acids is 1. The fraction of sp³-hybridized carbons (Fsp3) is 0.857. The largest absolute Gasteiger partial charge is 0.481 e.